The predicted octanol–water partition coefficient (Wildman–Crippen LogP) is 4.18. The van der Waals surface area contributed by atoms with Crippen molar-refractivity contribution in [3.63, 3.8) is 0 Å². The Bertz CT molecular complexity index is 768. The Morgan fingerprint density at radius 2 is 1.75 bits per heavy atom. The summed E-state index contributed by atoms with van der Waals surface area (Å²) in [6, 6.07) is 6.75. The molecule has 1 N–H and O–H groups in total. The number of nitrogens with one attached hydrogen (secondary N) is 1. The molecular weight excluding hydrogens is 376 g/mol. The van der Waals surface area contributed by atoms with Gasteiger partial charge >= 0.3 is 0 Å². The summed E-state index contributed by atoms with van der Waals surface area (Å²) in [5.41, 5.74) is -0.0741. The molecule has 3 nitrogen and oxygen atoms in total. The van der Waals surface area contributed by atoms with Gasteiger partial charge in [0.15, 0.2) is 11.6 Å². The summed E-state index contributed by atoms with van der Waals surface area (Å²) < 4.78 is 52.5. The molecule has 0 amide bonds. The summed E-state index contributed by atoms with van der Waals surface area (Å²) in [5.74, 6) is -2.19. The van der Waals surface area contributed by atoms with Crippen LogP contribution in [0.3, 0.4) is 0 Å². The number of halogens is 4. The lowest BCUT2D eigenvalue weighted by Gasteiger charge is -2.09. The Balaban J connectivity index is 2.35. The predicted molar refractivity (Wildman–Crippen MR) is 76.3 cm³/mol. The van der Waals surface area contributed by atoms with Gasteiger partial charge in [-0.3, -0.25) is 4.72 Å². The average Bonchev–Trinajstić information content (AvgIpc) is 2.37. The van der Waals surface area contributed by atoms with Crippen LogP contribution in [0.2, 0.25) is 5.02 Å². The summed E-state index contributed by atoms with van der Waals surface area (Å²) >= 11 is 8.89. The van der Waals surface area contributed by atoms with Crippen LogP contribution in [0.4, 0.5) is 14.5 Å². The van der Waals surface area contributed by atoms with E-state index in [0.29, 0.717) is 9.50 Å². The van der Waals surface area contributed by atoms with Gasteiger partial charge in [-0.05, 0) is 46.3 Å². The number of sulfonamides is 1. The van der Waals surface area contributed by atoms with Crippen LogP contribution in [0.25, 0.3) is 0 Å². The Labute approximate surface area is 127 Å². The molecule has 0 aliphatic rings. The number of rotatable bonds is 3. The lowest BCUT2D eigenvalue weighted by Crippen LogP contribution is -2.13. The molecule has 0 radical (unpaired) electrons. The maximum Gasteiger partial charge on any atom is 0.261 e. The number of benzene rings is 2. The molecule has 0 unspecified atom stereocenters. The molecule has 0 saturated heterocycles. The molecule has 0 aromatic heterocycles. The quantitative estimate of drug-likeness (QED) is 0.865. The van der Waals surface area contributed by atoms with E-state index in [0.717, 1.165) is 18.2 Å². The van der Waals surface area contributed by atoms with E-state index in [1.807, 2.05) is 0 Å². The second-order valence-corrected chi connectivity index (χ2v) is 6.75. The Kier molecular flexibility index (Phi) is 4.31. The molecule has 0 spiro atoms. The van der Waals surface area contributed by atoms with E-state index in [9.17, 15) is 17.2 Å². The molecule has 2 rings (SSSR count). The van der Waals surface area contributed by atoms with E-state index in [1.165, 1.54) is 18.2 Å². The summed E-state index contributed by atoms with van der Waals surface area (Å²) in [5, 5.41) is 0.358. The highest BCUT2D eigenvalue weighted by Gasteiger charge is 2.16. The first-order valence-electron chi connectivity index (χ1n) is 5.22. The normalized spacial score (nSPS) is 11.4. The van der Waals surface area contributed by atoms with Gasteiger partial charge in [-0.2, -0.15) is 0 Å². The molecule has 8 heteroatoms. The van der Waals surface area contributed by atoms with Gasteiger partial charge in [0.1, 0.15) is 0 Å². The van der Waals surface area contributed by atoms with E-state index in [4.69, 9.17) is 11.6 Å². The van der Waals surface area contributed by atoms with Gasteiger partial charge in [-0.1, -0.05) is 11.6 Å². The van der Waals surface area contributed by atoms with Crippen LogP contribution in [0.15, 0.2) is 45.8 Å². The largest absolute Gasteiger partial charge is 0.280 e. The summed E-state index contributed by atoms with van der Waals surface area (Å²) in [6.07, 6.45) is 0. The van der Waals surface area contributed by atoms with Gasteiger partial charge in [0.25, 0.3) is 10.0 Å². The molecule has 0 saturated carbocycles. The van der Waals surface area contributed by atoms with Crippen molar-refractivity contribution < 1.29 is 17.2 Å². The van der Waals surface area contributed by atoms with Gasteiger partial charge in [-0.15, -0.1) is 0 Å². The third-order valence-corrected chi connectivity index (χ3v) is 4.97. The van der Waals surface area contributed by atoms with Crippen LogP contribution in [0.1, 0.15) is 0 Å². The molecule has 2 aromatic rings. The molecule has 2 aromatic carbocycles. The Morgan fingerprint density at radius 3 is 2.35 bits per heavy atom. The van der Waals surface area contributed by atoms with E-state index >= 15 is 0 Å². The van der Waals surface area contributed by atoms with Crippen molar-refractivity contribution in [2.75, 3.05) is 4.72 Å². The van der Waals surface area contributed by atoms with Crippen LogP contribution >= 0.6 is 27.5 Å². The molecular formula is C12H7BrClF2NO2S. The van der Waals surface area contributed by atoms with Crippen molar-refractivity contribution in [2.45, 2.75) is 4.90 Å². The first kappa shape index (κ1) is 15.2. The average molecular weight is 383 g/mol. The fraction of sp³-hybridized carbons (Fsp3) is 0. The van der Waals surface area contributed by atoms with E-state index in [2.05, 4.69) is 20.7 Å². The highest BCUT2D eigenvalue weighted by atomic mass is 79.9. The van der Waals surface area contributed by atoms with Crippen molar-refractivity contribution in [2.24, 2.45) is 0 Å². The monoisotopic (exact) mass is 381 g/mol. The van der Waals surface area contributed by atoms with Crippen molar-refractivity contribution in [3.8, 4) is 0 Å². The fourth-order valence-corrected chi connectivity index (χ4v) is 3.14. The highest BCUT2D eigenvalue weighted by Crippen LogP contribution is 2.26. The molecule has 0 aliphatic carbocycles. The first-order chi connectivity index (χ1) is 9.29. The van der Waals surface area contributed by atoms with Gasteiger partial charge in [0.05, 0.1) is 15.6 Å². The van der Waals surface area contributed by atoms with Gasteiger partial charge in [-0.25, -0.2) is 17.2 Å². The molecule has 0 fully saturated rings. The molecule has 0 atom stereocenters. The minimum Gasteiger partial charge on any atom is -0.280 e. The molecule has 0 heterocycles. The second-order valence-electron chi connectivity index (χ2n) is 3.81. The third-order valence-electron chi connectivity index (χ3n) is 2.37. The van der Waals surface area contributed by atoms with Crippen LogP contribution in [0, 0.1) is 11.6 Å². The van der Waals surface area contributed by atoms with E-state index in [1.54, 1.807) is 0 Å². The van der Waals surface area contributed by atoms with Gasteiger partial charge in [0, 0.05) is 10.5 Å². The van der Waals surface area contributed by atoms with E-state index < -0.39 is 21.7 Å². The van der Waals surface area contributed by atoms with Crippen molar-refractivity contribution in [1.82, 2.24) is 0 Å². The minimum atomic E-state index is -3.91. The van der Waals surface area contributed by atoms with Crippen molar-refractivity contribution >= 4 is 43.2 Å². The zero-order chi connectivity index (χ0) is 14.9. The van der Waals surface area contributed by atoms with Crippen molar-refractivity contribution in [3.05, 3.63) is 57.5 Å². The van der Waals surface area contributed by atoms with Gasteiger partial charge in [0.2, 0.25) is 0 Å². The minimum absolute atomic E-state index is 0.0569. The van der Waals surface area contributed by atoms with Crippen LogP contribution in [-0.4, -0.2) is 8.42 Å². The number of hydrogen-bond acceptors (Lipinski definition) is 2. The molecule has 0 aliphatic heterocycles. The lowest BCUT2D eigenvalue weighted by atomic mass is 10.3. The summed E-state index contributed by atoms with van der Waals surface area (Å²) in [4.78, 5) is -0.0569. The fourth-order valence-electron chi connectivity index (χ4n) is 1.42. The van der Waals surface area contributed by atoms with Gasteiger partial charge < -0.3 is 0 Å². The maximum atomic E-state index is 13.0. The van der Waals surface area contributed by atoms with Crippen LogP contribution < -0.4 is 4.72 Å². The summed E-state index contributed by atoms with van der Waals surface area (Å²) in [6.45, 7) is 0. The lowest BCUT2D eigenvalue weighted by molar-refractivity contribution is 0.509. The standard InChI is InChI=1S/C12H7BrClF2NO2S/c13-9-6-8(2-3-10(9)14)20(18,19)17-7-1-4-11(15)12(16)5-7/h1-6,17H. The Morgan fingerprint density at radius 1 is 1.05 bits per heavy atom. The number of anilines is 1. The topological polar surface area (TPSA) is 46.2 Å². The SMILES string of the molecule is O=S(=O)(Nc1ccc(F)c(F)c1)c1ccc(Cl)c(Br)c1. The second kappa shape index (κ2) is 5.67. The Hall–Kier alpha value is -1.18. The molecule has 106 valence electrons. The maximum absolute atomic E-state index is 13.0. The molecule has 0 bridgehead atoms. The zero-order valence-corrected chi connectivity index (χ0v) is 12.9. The van der Waals surface area contributed by atoms with Crippen LogP contribution in [0.5, 0.6) is 0 Å². The van der Waals surface area contributed by atoms with E-state index in [-0.39, 0.29) is 10.6 Å². The van der Waals surface area contributed by atoms with Crippen LogP contribution in [-0.2, 0) is 10.0 Å². The smallest absolute Gasteiger partial charge is 0.261 e. The summed E-state index contributed by atoms with van der Waals surface area (Å²) in [7, 11) is -3.91. The highest BCUT2D eigenvalue weighted by molar-refractivity contribution is 9.10. The molecule has 20 heavy (non-hydrogen) atoms. The number of hydrogen-bond donors (Lipinski definition) is 1. The third kappa shape index (κ3) is 3.28. The van der Waals surface area contributed by atoms with Crippen molar-refractivity contribution in [1.29, 1.82) is 0 Å². The zero-order valence-electron chi connectivity index (χ0n) is 9.70. The first-order valence-corrected chi connectivity index (χ1v) is 7.88.